The fourth-order valence-electron chi connectivity index (χ4n) is 1.86. The topological polar surface area (TPSA) is 46.6 Å². The molecule has 2 atom stereocenters. The minimum Gasteiger partial charge on any atom is -0.380 e. The molecule has 4 nitrogen and oxygen atoms in total. The average molecular weight is 270 g/mol. The second-order valence-electron chi connectivity index (χ2n) is 4.40. The fourth-order valence-corrected chi connectivity index (χ4v) is 3.95. The molecule has 1 aliphatic heterocycles. The molecule has 0 N–H and O–H groups in total. The fraction of sp³-hybridized carbons (Fsp3) is 1.00. The molecular formula is C10H20ClNO3S. The van der Waals surface area contributed by atoms with Gasteiger partial charge in [0.2, 0.25) is 10.0 Å². The Kier molecular flexibility index (Phi) is 5.50. The van der Waals surface area contributed by atoms with Crippen LogP contribution in [0.25, 0.3) is 0 Å². The van der Waals surface area contributed by atoms with Gasteiger partial charge in [0, 0.05) is 26.1 Å². The first-order valence-electron chi connectivity index (χ1n) is 5.56. The predicted molar refractivity (Wildman–Crippen MR) is 65.3 cm³/mol. The van der Waals surface area contributed by atoms with Crippen LogP contribution in [-0.2, 0) is 14.8 Å². The first-order valence-corrected chi connectivity index (χ1v) is 7.70. The second kappa shape index (κ2) is 6.19. The Morgan fingerprint density at radius 1 is 1.56 bits per heavy atom. The lowest BCUT2D eigenvalue weighted by Crippen LogP contribution is -2.44. The standard InChI is InChI=1S/C10H20ClNO3S/c1-9(6-11)8-16(13,14)12-5-3-4-10(7-12)15-2/h9-10H,3-8H2,1-2H3. The van der Waals surface area contributed by atoms with Gasteiger partial charge in [0.05, 0.1) is 11.9 Å². The van der Waals surface area contributed by atoms with E-state index in [9.17, 15) is 8.42 Å². The number of halogens is 1. The normalized spacial score (nSPS) is 25.6. The zero-order valence-corrected chi connectivity index (χ0v) is 11.4. The van der Waals surface area contributed by atoms with Crippen molar-refractivity contribution in [3.05, 3.63) is 0 Å². The highest BCUT2D eigenvalue weighted by atomic mass is 35.5. The minimum absolute atomic E-state index is 0.00501. The smallest absolute Gasteiger partial charge is 0.214 e. The lowest BCUT2D eigenvalue weighted by atomic mass is 10.1. The van der Waals surface area contributed by atoms with Crippen molar-refractivity contribution < 1.29 is 13.2 Å². The Morgan fingerprint density at radius 2 is 2.25 bits per heavy atom. The van der Waals surface area contributed by atoms with Gasteiger partial charge in [-0.05, 0) is 18.8 Å². The quantitative estimate of drug-likeness (QED) is 0.707. The molecule has 1 rings (SSSR count). The number of rotatable bonds is 5. The van der Waals surface area contributed by atoms with E-state index < -0.39 is 10.0 Å². The summed E-state index contributed by atoms with van der Waals surface area (Å²) in [6, 6.07) is 0. The Labute approximate surface area is 103 Å². The highest BCUT2D eigenvalue weighted by Crippen LogP contribution is 2.18. The molecule has 1 heterocycles. The molecule has 0 aliphatic carbocycles. The molecule has 0 aromatic heterocycles. The third kappa shape index (κ3) is 3.87. The first kappa shape index (κ1) is 14.2. The number of nitrogens with zero attached hydrogens (tertiary/aromatic N) is 1. The van der Waals surface area contributed by atoms with Crippen LogP contribution in [0.4, 0.5) is 0 Å². The minimum atomic E-state index is -3.17. The van der Waals surface area contributed by atoms with Crippen LogP contribution in [0.3, 0.4) is 0 Å². The van der Waals surface area contributed by atoms with E-state index in [1.807, 2.05) is 6.92 Å². The van der Waals surface area contributed by atoms with E-state index >= 15 is 0 Å². The SMILES string of the molecule is COC1CCCN(S(=O)(=O)CC(C)CCl)C1. The summed E-state index contributed by atoms with van der Waals surface area (Å²) in [7, 11) is -1.54. The van der Waals surface area contributed by atoms with Crippen molar-refractivity contribution in [2.75, 3.05) is 31.8 Å². The van der Waals surface area contributed by atoms with Crippen LogP contribution < -0.4 is 0 Å². The zero-order valence-electron chi connectivity index (χ0n) is 9.86. The summed E-state index contributed by atoms with van der Waals surface area (Å²) in [5.41, 5.74) is 0. The van der Waals surface area contributed by atoms with Crippen LogP contribution in [0.15, 0.2) is 0 Å². The summed E-state index contributed by atoms with van der Waals surface area (Å²) in [6.07, 6.45) is 1.84. The molecule has 2 unspecified atom stereocenters. The summed E-state index contributed by atoms with van der Waals surface area (Å²) in [6.45, 7) is 2.94. The van der Waals surface area contributed by atoms with Gasteiger partial charge in [0.25, 0.3) is 0 Å². The molecule has 1 aliphatic rings. The molecule has 1 saturated heterocycles. The number of hydrogen-bond acceptors (Lipinski definition) is 3. The predicted octanol–water partition coefficient (Wildman–Crippen LogP) is 1.30. The molecule has 0 aromatic rings. The monoisotopic (exact) mass is 269 g/mol. The number of piperidine rings is 1. The van der Waals surface area contributed by atoms with Gasteiger partial charge >= 0.3 is 0 Å². The number of ether oxygens (including phenoxy) is 1. The zero-order chi connectivity index (χ0) is 12.2. The number of alkyl halides is 1. The lowest BCUT2D eigenvalue weighted by molar-refractivity contribution is 0.0571. The van der Waals surface area contributed by atoms with Gasteiger partial charge in [-0.2, -0.15) is 4.31 Å². The Bertz CT molecular complexity index is 307. The van der Waals surface area contributed by atoms with Crippen LogP contribution in [0.2, 0.25) is 0 Å². The molecule has 0 bridgehead atoms. The van der Waals surface area contributed by atoms with Gasteiger partial charge in [-0.1, -0.05) is 6.92 Å². The molecule has 6 heteroatoms. The summed E-state index contributed by atoms with van der Waals surface area (Å²) >= 11 is 5.65. The molecule has 1 fully saturated rings. The molecule has 0 spiro atoms. The van der Waals surface area contributed by atoms with Crippen LogP contribution >= 0.6 is 11.6 Å². The van der Waals surface area contributed by atoms with Gasteiger partial charge in [0.1, 0.15) is 0 Å². The van der Waals surface area contributed by atoms with Crippen molar-refractivity contribution in [1.82, 2.24) is 4.31 Å². The van der Waals surface area contributed by atoms with Crippen LogP contribution in [0.5, 0.6) is 0 Å². The van der Waals surface area contributed by atoms with Crippen molar-refractivity contribution in [3.63, 3.8) is 0 Å². The summed E-state index contributed by atoms with van der Waals surface area (Å²) in [5.74, 6) is 0.503. The van der Waals surface area contributed by atoms with Crippen LogP contribution in [0, 0.1) is 5.92 Å². The van der Waals surface area contributed by atoms with Crippen LogP contribution in [-0.4, -0.2) is 50.7 Å². The highest BCUT2D eigenvalue weighted by molar-refractivity contribution is 7.89. The van der Waals surface area contributed by atoms with Gasteiger partial charge < -0.3 is 4.74 Å². The van der Waals surface area contributed by atoms with E-state index in [1.165, 1.54) is 4.31 Å². The molecule has 0 aromatic carbocycles. The maximum atomic E-state index is 12.0. The maximum Gasteiger partial charge on any atom is 0.214 e. The van der Waals surface area contributed by atoms with E-state index in [2.05, 4.69) is 0 Å². The van der Waals surface area contributed by atoms with Crippen molar-refractivity contribution in [2.24, 2.45) is 5.92 Å². The van der Waals surface area contributed by atoms with E-state index in [0.717, 1.165) is 12.8 Å². The second-order valence-corrected chi connectivity index (χ2v) is 6.72. The van der Waals surface area contributed by atoms with Gasteiger partial charge in [-0.15, -0.1) is 11.6 Å². The van der Waals surface area contributed by atoms with Crippen molar-refractivity contribution >= 4 is 21.6 Å². The Balaban J connectivity index is 2.61. The van der Waals surface area contributed by atoms with E-state index in [1.54, 1.807) is 7.11 Å². The Hall–Kier alpha value is 0.160. The van der Waals surface area contributed by atoms with Gasteiger partial charge in [0.15, 0.2) is 0 Å². The van der Waals surface area contributed by atoms with Crippen molar-refractivity contribution in [1.29, 1.82) is 0 Å². The molecule has 0 saturated carbocycles. The average Bonchev–Trinajstić information content (AvgIpc) is 2.28. The summed E-state index contributed by atoms with van der Waals surface area (Å²) in [5, 5.41) is 0. The van der Waals surface area contributed by atoms with Crippen molar-refractivity contribution in [3.8, 4) is 0 Å². The highest BCUT2D eigenvalue weighted by Gasteiger charge is 2.29. The molecule has 0 amide bonds. The number of hydrogen-bond donors (Lipinski definition) is 0. The molecular weight excluding hydrogens is 250 g/mol. The maximum absolute atomic E-state index is 12.0. The van der Waals surface area contributed by atoms with E-state index in [4.69, 9.17) is 16.3 Å². The lowest BCUT2D eigenvalue weighted by Gasteiger charge is -2.31. The molecule has 96 valence electrons. The van der Waals surface area contributed by atoms with Gasteiger partial charge in [-0.3, -0.25) is 0 Å². The molecule has 0 radical (unpaired) electrons. The van der Waals surface area contributed by atoms with Crippen molar-refractivity contribution in [2.45, 2.75) is 25.9 Å². The third-order valence-corrected chi connectivity index (χ3v) is 5.46. The number of sulfonamides is 1. The van der Waals surface area contributed by atoms with Gasteiger partial charge in [-0.25, -0.2) is 8.42 Å². The van der Waals surface area contributed by atoms with E-state index in [0.29, 0.717) is 19.0 Å². The summed E-state index contributed by atoms with van der Waals surface area (Å²) in [4.78, 5) is 0. The van der Waals surface area contributed by atoms with E-state index in [-0.39, 0.29) is 17.8 Å². The summed E-state index contributed by atoms with van der Waals surface area (Å²) < 4.78 is 30.8. The largest absolute Gasteiger partial charge is 0.380 e. The van der Waals surface area contributed by atoms with Crippen LogP contribution in [0.1, 0.15) is 19.8 Å². The molecule has 16 heavy (non-hydrogen) atoms. The Morgan fingerprint density at radius 3 is 2.81 bits per heavy atom. The number of methoxy groups -OCH3 is 1. The first-order chi connectivity index (χ1) is 7.49. The third-order valence-electron chi connectivity index (χ3n) is 2.83.